The van der Waals surface area contributed by atoms with E-state index in [1.165, 1.54) is 5.56 Å². The van der Waals surface area contributed by atoms with Crippen molar-refractivity contribution in [1.29, 1.82) is 0 Å². The molecule has 0 aromatic heterocycles. The van der Waals surface area contributed by atoms with Gasteiger partial charge in [-0.05, 0) is 50.4 Å². The Morgan fingerprint density at radius 2 is 1.75 bits per heavy atom. The lowest BCUT2D eigenvalue weighted by Gasteiger charge is -2.45. The number of carbonyl (C=O) groups is 1. The molecule has 4 rings (SSSR count). The Labute approximate surface area is 165 Å². The molecule has 1 saturated heterocycles. The summed E-state index contributed by atoms with van der Waals surface area (Å²) in [5.41, 5.74) is 7.74. The molecule has 1 spiro atoms. The van der Waals surface area contributed by atoms with E-state index in [2.05, 4.69) is 34.9 Å². The maximum Gasteiger partial charge on any atom is 0.250 e. The number of primary amides is 1. The van der Waals surface area contributed by atoms with Gasteiger partial charge in [-0.1, -0.05) is 42.5 Å². The monoisotopic (exact) mass is 380 g/mol. The molecule has 2 fully saturated rings. The fraction of sp³-hybridized carbons (Fsp3) is 0.409. The molecule has 2 aromatic carbocycles. The molecule has 148 valence electrons. The number of nitrogens with zero attached hydrogens (tertiary/aromatic N) is 1. The zero-order valence-corrected chi connectivity index (χ0v) is 16.2. The second kappa shape index (κ2) is 7.20. The number of rotatable bonds is 4. The van der Waals surface area contributed by atoms with Crippen LogP contribution in [0.25, 0.3) is 0 Å². The van der Waals surface area contributed by atoms with Crippen LogP contribution in [0.3, 0.4) is 0 Å². The number of hydrogen-bond donors (Lipinski definition) is 4. The van der Waals surface area contributed by atoms with Crippen molar-refractivity contribution < 1.29 is 9.90 Å². The van der Waals surface area contributed by atoms with Gasteiger partial charge in [-0.3, -0.25) is 10.1 Å². The van der Waals surface area contributed by atoms with Crippen LogP contribution < -0.4 is 21.3 Å². The average Bonchev–Trinajstić information content (AvgIpc) is 3.05. The van der Waals surface area contributed by atoms with Crippen molar-refractivity contribution in [2.24, 2.45) is 5.73 Å². The number of para-hydroxylation sites is 1. The molecule has 1 saturated carbocycles. The fourth-order valence-electron chi connectivity index (χ4n) is 4.86. The highest BCUT2D eigenvalue weighted by Gasteiger charge is 2.49. The van der Waals surface area contributed by atoms with E-state index in [0.717, 1.165) is 25.7 Å². The first-order chi connectivity index (χ1) is 13.5. The highest BCUT2D eigenvalue weighted by Crippen LogP contribution is 2.44. The van der Waals surface area contributed by atoms with Gasteiger partial charge >= 0.3 is 0 Å². The molecule has 1 atom stereocenters. The van der Waals surface area contributed by atoms with Crippen molar-refractivity contribution in [2.75, 3.05) is 18.5 Å². The third-order valence-electron chi connectivity index (χ3n) is 6.55. The normalized spacial score (nSPS) is 29.9. The summed E-state index contributed by atoms with van der Waals surface area (Å²) in [6.45, 7) is 0.646. The van der Waals surface area contributed by atoms with Crippen LogP contribution in [0.1, 0.15) is 41.6 Å². The van der Waals surface area contributed by atoms with Gasteiger partial charge in [0.15, 0.2) is 6.35 Å². The lowest BCUT2D eigenvalue weighted by Crippen LogP contribution is -2.54. The Bertz CT molecular complexity index is 847. The van der Waals surface area contributed by atoms with Crippen LogP contribution in [0.15, 0.2) is 54.6 Å². The summed E-state index contributed by atoms with van der Waals surface area (Å²) in [5.74, 6) is -0.481. The minimum atomic E-state index is -0.834. The molecule has 0 radical (unpaired) electrons. The van der Waals surface area contributed by atoms with Gasteiger partial charge in [0.05, 0.1) is 11.3 Å². The molecule has 1 aliphatic carbocycles. The van der Waals surface area contributed by atoms with Crippen LogP contribution in [0, 0.1) is 0 Å². The fourth-order valence-corrected chi connectivity index (χ4v) is 4.86. The van der Waals surface area contributed by atoms with Crippen molar-refractivity contribution in [1.82, 2.24) is 10.6 Å². The number of aliphatic hydroxyl groups excluding tert-OH is 1. The molecule has 1 unspecified atom stereocenters. The van der Waals surface area contributed by atoms with Crippen LogP contribution in [-0.4, -0.2) is 36.5 Å². The molecule has 0 bridgehead atoms. The summed E-state index contributed by atoms with van der Waals surface area (Å²) in [7, 11) is 2.03. The van der Waals surface area contributed by atoms with Gasteiger partial charge < -0.3 is 21.1 Å². The molecule has 1 amide bonds. The van der Waals surface area contributed by atoms with E-state index >= 15 is 0 Å². The standard InChI is InChI=1S/C22H28N4O2/c1-24-22(16-7-3-2-4-8-16)13-11-21(12-14-22)15-26(20(28)25-21)18-10-6-5-9-17(18)19(23)27/h2-10,20,24-25,28H,11-15H2,1H3,(H2,23,27)/t20?,21-,22+. The number of nitrogens with two attached hydrogens (primary N) is 1. The third kappa shape index (κ3) is 3.17. The Hall–Kier alpha value is -2.41. The van der Waals surface area contributed by atoms with Crippen molar-refractivity contribution in [2.45, 2.75) is 43.1 Å². The van der Waals surface area contributed by atoms with Crippen LogP contribution in [-0.2, 0) is 5.54 Å². The van der Waals surface area contributed by atoms with Crippen LogP contribution in [0.5, 0.6) is 0 Å². The number of amides is 1. The first kappa shape index (κ1) is 18.9. The predicted molar refractivity (Wildman–Crippen MR) is 110 cm³/mol. The number of carbonyl (C=O) groups excluding carboxylic acids is 1. The number of hydrogen-bond acceptors (Lipinski definition) is 5. The second-order valence-corrected chi connectivity index (χ2v) is 8.01. The highest BCUT2D eigenvalue weighted by molar-refractivity contribution is 5.98. The Morgan fingerprint density at radius 1 is 1.11 bits per heavy atom. The summed E-state index contributed by atoms with van der Waals surface area (Å²) in [6.07, 6.45) is 2.96. The number of anilines is 1. The first-order valence-corrected chi connectivity index (χ1v) is 9.84. The van der Waals surface area contributed by atoms with Gasteiger partial charge in [0.1, 0.15) is 0 Å². The summed E-state index contributed by atoms with van der Waals surface area (Å²) in [6, 6.07) is 17.8. The van der Waals surface area contributed by atoms with Crippen LogP contribution in [0.2, 0.25) is 0 Å². The van der Waals surface area contributed by atoms with Crippen LogP contribution >= 0.6 is 0 Å². The van der Waals surface area contributed by atoms with Gasteiger partial charge in [0.2, 0.25) is 0 Å². The maximum atomic E-state index is 11.8. The van der Waals surface area contributed by atoms with Gasteiger partial charge in [-0.2, -0.15) is 0 Å². The lowest BCUT2D eigenvalue weighted by molar-refractivity contribution is 0.0999. The van der Waals surface area contributed by atoms with E-state index in [4.69, 9.17) is 5.73 Å². The average molecular weight is 380 g/mol. The van der Waals surface area contributed by atoms with Gasteiger partial charge in [0, 0.05) is 17.6 Å². The van der Waals surface area contributed by atoms with Crippen molar-refractivity contribution >= 4 is 11.6 Å². The molecule has 2 aromatic rings. The highest BCUT2D eigenvalue weighted by atomic mass is 16.3. The molecule has 1 aliphatic heterocycles. The molecule has 28 heavy (non-hydrogen) atoms. The minimum Gasteiger partial charge on any atom is -0.366 e. The van der Waals surface area contributed by atoms with E-state index in [1.54, 1.807) is 12.1 Å². The van der Waals surface area contributed by atoms with Gasteiger partial charge in [-0.15, -0.1) is 0 Å². The quantitative estimate of drug-likeness (QED) is 0.650. The minimum absolute atomic E-state index is 0.0440. The smallest absolute Gasteiger partial charge is 0.250 e. The molecule has 5 N–H and O–H groups in total. The maximum absolute atomic E-state index is 11.8. The summed E-state index contributed by atoms with van der Waals surface area (Å²) in [5, 5.41) is 17.7. The third-order valence-corrected chi connectivity index (χ3v) is 6.55. The number of nitrogens with one attached hydrogen (secondary N) is 2. The van der Waals surface area contributed by atoms with E-state index in [-0.39, 0.29) is 11.1 Å². The van der Waals surface area contributed by atoms with Gasteiger partial charge in [-0.25, -0.2) is 0 Å². The zero-order chi connectivity index (χ0) is 19.8. The van der Waals surface area contributed by atoms with E-state index in [9.17, 15) is 9.90 Å². The first-order valence-electron chi connectivity index (χ1n) is 9.84. The predicted octanol–water partition coefficient (Wildman–Crippen LogP) is 1.90. The zero-order valence-electron chi connectivity index (χ0n) is 16.2. The largest absolute Gasteiger partial charge is 0.366 e. The van der Waals surface area contributed by atoms with Gasteiger partial charge in [0.25, 0.3) is 5.91 Å². The molecular formula is C22H28N4O2. The summed E-state index contributed by atoms with van der Waals surface area (Å²) < 4.78 is 0. The van der Waals surface area contributed by atoms with Crippen LogP contribution in [0.4, 0.5) is 5.69 Å². The lowest BCUT2D eigenvalue weighted by atomic mass is 9.69. The van der Waals surface area contributed by atoms with E-state index < -0.39 is 12.3 Å². The SMILES string of the molecule is CN[C@]1(c2ccccc2)CC[C@]2(CC1)CN(c1ccccc1C(N)=O)C(O)N2. The topological polar surface area (TPSA) is 90.6 Å². The number of aliphatic hydroxyl groups is 1. The van der Waals surface area contributed by atoms with Crippen molar-refractivity contribution in [3.05, 3.63) is 65.7 Å². The van der Waals surface area contributed by atoms with E-state index in [1.807, 2.05) is 30.1 Å². The molecular weight excluding hydrogens is 352 g/mol. The Kier molecular flexibility index (Phi) is 4.87. The molecule has 1 heterocycles. The Balaban J connectivity index is 1.55. The summed E-state index contributed by atoms with van der Waals surface area (Å²) >= 11 is 0. The van der Waals surface area contributed by atoms with Crippen molar-refractivity contribution in [3.8, 4) is 0 Å². The Morgan fingerprint density at radius 3 is 2.39 bits per heavy atom. The molecule has 6 heteroatoms. The molecule has 2 aliphatic rings. The number of benzene rings is 2. The molecule has 6 nitrogen and oxygen atoms in total. The summed E-state index contributed by atoms with van der Waals surface area (Å²) in [4.78, 5) is 13.7. The van der Waals surface area contributed by atoms with Crippen molar-refractivity contribution in [3.63, 3.8) is 0 Å². The second-order valence-electron chi connectivity index (χ2n) is 8.01. The van der Waals surface area contributed by atoms with E-state index in [0.29, 0.717) is 17.8 Å².